The minimum absolute atomic E-state index is 0.359. The average molecular weight is 421 g/mol. The highest BCUT2D eigenvalue weighted by Crippen LogP contribution is 2.14. The van der Waals surface area contributed by atoms with Gasteiger partial charge in [-0.15, -0.1) is 0 Å². The van der Waals surface area contributed by atoms with E-state index >= 15 is 0 Å². The second-order valence-electron chi connectivity index (χ2n) is 7.39. The zero-order valence-electron chi connectivity index (χ0n) is 17.9. The molecule has 0 spiro atoms. The first kappa shape index (κ1) is 25.0. The van der Waals surface area contributed by atoms with Crippen molar-refractivity contribution < 1.29 is 14.3 Å². The van der Waals surface area contributed by atoms with Crippen LogP contribution in [0.25, 0.3) is 0 Å². The summed E-state index contributed by atoms with van der Waals surface area (Å²) in [6.45, 7) is 8.55. The van der Waals surface area contributed by atoms with Gasteiger partial charge >= 0.3 is 5.97 Å². The van der Waals surface area contributed by atoms with Crippen LogP contribution in [0.3, 0.4) is 0 Å². The molecule has 1 heterocycles. The van der Waals surface area contributed by atoms with Crippen LogP contribution in [0.1, 0.15) is 53.4 Å². The summed E-state index contributed by atoms with van der Waals surface area (Å²) < 4.78 is 12.9. The molecule has 4 nitrogen and oxygen atoms in total. The van der Waals surface area contributed by atoms with Crippen LogP contribution in [-0.2, 0) is 4.79 Å². The highest BCUT2D eigenvalue weighted by atomic mass is 32.2. The molecule has 2 N–H and O–H groups in total. The topological polar surface area (TPSA) is 62.2 Å². The van der Waals surface area contributed by atoms with Crippen molar-refractivity contribution in [3.8, 4) is 0 Å². The Labute approximate surface area is 178 Å². The monoisotopic (exact) mass is 420 g/mol. The number of carboxylic acid groups (broad SMARTS) is 1. The summed E-state index contributed by atoms with van der Waals surface area (Å²) in [4.78, 5) is 15.3. The predicted molar refractivity (Wildman–Crippen MR) is 122 cm³/mol. The van der Waals surface area contributed by atoms with Crippen LogP contribution in [0.4, 0.5) is 10.2 Å². The molecule has 0 aromatic carbocycles. The zero-order chi connectivity index (χ0) is 21.6. The fourth-order valence-corrected chi connectivity index (χ4v) is 3.54. The number of halogens is 1. The SMILES string of the molecule is CC(C)=CCCC(C)=CCCC(C)=CCSCC(Nc1ccc(F)cn1)C(=O)O. The van der Waals surface area contributed by atoms with E-state index in [2.05, 4.69) is 56.2 Å². The van der Waals surface area contributed by atoms with E-state index in [1.54, 1.807) is 11.8 Å². The van der Waals surface area contributed by atoms with Gasteiger partial charge in [-0.2, -0.15) is 11.8 Å². The molecule has 0 bridgehead atoms. The molecular formula is C23H33FN2O2S. The summed E-state index contributed by atoms with van der Waals surface area (Å²) in [6, 6.07) is 1.93. The maximum Gasteiger partial charge on any atom is 0.327 e. The van der Waals surface area contributed by atoms with E-state index in [9.17, 15) is 14.3 Å². The van der Waals surface area contributed by atoms with Gasteiger partial charge in [-0.3, -0.25) is 0 Å². The zero-order valence-corrected chi connectivity index (χ0v) is 18.7. The number of aliphatic carboxylic acids is 1. The molecule has 0 radical (unpaired) electrons. The van der Waals surface area contributed by atoms with Crippen molar-refractivity contribution in [3.05, 3.63) is 59.1 Å². The largest absolute Gasteiger partial charge is 0.480 e. The summed E-state index contributed by atoms with van der Waals surface area (Å²) in [6.07, 6.45) is 12.1. The van der Waals surface area contributed by atoms with Gasteiger partial charge in [-0.1, -0.05) is 34.9 Å². The van der Waals surface area contributed by atoms with Crippen LogP contribution in [0.15, 0.2) is 53.3 Å². The molecule has 29 heavy (non-hydrogen) atoms. The number of allylic oxidation sites excluding steroid dienone is 5. The first-order valence-corrected chi connectivity index (χ1v) is 11.1. The third kappa shape index (κ3) is 12.2. The highest BCUT2D eigenvalue weighted by Gasteiger charge is 2.17. The Bertz CT molecular complexity index is 723. The lowest BCUT2D eigenvalue weighted by Crippen LogP contribution is -2.32. The molecule has 0 saturated carbocycles. The van der Waals surface area contributed by atoms with E-state index < -0.39 is 17.8 Å². The van der Waals surface area contributed by atoms with Gasteiger partial charge in [-0.05, 0) is 65.5 Å². The summed E-state index contributed by atoms with van der Waals surface area (Å²) >= 11 is 1.55. The maximum atomic E-state index is 12.9. The molecule has 0 fully saturated rings. The summed E-state index contributed by atoms with van der Waals surface area (Å²) in [5, 5.41) is 12.2. The van der Waals surface area contributed by atoms with Crippen molar-refractivity contribution in [2.45, 2.75) is 59.4 Å². The molecule has 0 amide bonds. The fourth-order valence-electron chi connectivity index (χ4n) is 2.54. The van der Waals surface area contributed by atoms with Crippen LogP contribution in [-0.4, -0.2) is 33.6 Å². The van der Waals surface area contributed by atoms with Gasteiger partial charge in [0.25, 0.3) is 0 Å². The van der Waals surface area contributed by atoms with E-state index in [1.165, 1.54) is 28.9 Å². The number of rotatable bonds is 13. The second-order valence-corrected chi connectivity index (χ2v) is 8.47. The van der Waals surface area contributed by atoms with E-state index in [1.807, 2.05) is 0 Å². The number of nitrogens with one attached hydrogen (secondary N) is 1. The number of nitrogens with zero attached hydrogens (tertiary/aromatic N) is 1. The van der Waals surface area contributed by atoms with E-state index in [0.717, 1.165) is 37.6 Å². The Morgan fingerprint density at radius 3 is 2.38 bits per heavy atom. The van der Waals surface area contributed by atoms with Crippen LogP contribution in [0, 0.1) is 5.82 Å². The van der Waals surface area contributed by atoms with Crippen LogP contribution in [0.5, 0.6) is 0 Å². The predicted octanol–water partition coefficient (Wildman–Crippen LogP) is 6.24. The molecule has 1 aromatic rings. The normalized spacial score (nSPS) is 13.1. The average Bonchev–Trinajstić information content (AvgIpc) is 2.65. The molecule has 6 heteroatoms. The van der Waals surface area contributed by atoms with E-state index in [-0.39, 0.29) is 0 Å². The molecule has 1 unspecified atom stereocenters. The third-order valence-electron chi connectivity index (χ3n) is 4.30. The minimum Gasteiger partial charge on any atom is -0.480 e. The molecule has 0 saturated heterocycles. The number of anilines is 1. The van der Waals surface area contributed by atoms with Gasteiger partial charge in [0, 0.05) is 11.5 Å². The van der Waals surface area contributed by atoms with Crippen molar-refractivity contribution in [1.82, 2.24) is 4.98 Å². The van der Waals surface area contributed by atoms with Crippen molar-refractivity contribution in [1.29, 1.82) is 0 Å². The summed E-state index contributed by atoms with van der Waals surface area (Å²) in [5.41, 5.74) is 4.10. The Hall–Kier alpha value is -2.08. The fraction of sp³-hybridized carbons (Fsp3) is 0.478. The van der Waals surface area contributed by atoms with Gasteiger partial charge in [0.2, 0.25) is 0 Å². The lowest BCUT2D eigenvalue weighted by atomic mass is 10.1. The Morgan fingerprint density at radius 1 is 1.14 bits per heavy atom. The van der Waals surface area contributed by atoms with Crippen molar-refractivity contribution in [2.24, 2.45) is 0 Å². The van der Waals surface area contributed by atoms with E-state index in [0.29, 0.717) is 11.6 Å². The van der Waals surface area contributed by atoms with Crippen molar-refractivity contribution >= 4 is 23.5 Å². The Balaban J connectivity index is 2.33. The lowest BCUT2D eigenvalue weighted by molar-refractivity contribution is -0.137. The quantitative estimate of drug-likeness (QED) is 0.292. The third-order valence-corrected chi connectivity index (χ3v) is 5.28. The van der Waals surface area contributed by atoms with Gasteiger partial charge in [-0.25, -0.2) is 14.2 Å². The van der Waals surface area contributed by atoms with Gasteiger partial charge < -0.3 is 10.4 Å². The molecular weight excluding hydrogens is 387 g/mol. The molecule has 1 rings (SSSR count). The second kappa shape index (κ2) is 14.0. The number of hydrogen-bond donors (Lipinski definition) is 2. The number of hydrogen-bond acceptors (Lipinski definition) is 4. The minimum atomic E-state index is -0.946. The first-order valence-electron chi connectivity index (χ1n) is 9.91. The molecule has 0 aliphatic heterocycles. The number of carboxylic acids is 1. The number of carbonyl (C=O) groups is 1. The number of thioether (sulfide) groups is 1. The number of aromatic nitrogens is 1. The Morgan fingerprint density at radius 2 is 1.79 bits per heavy atom. The van der Waals surface area contributed by atoms with Gasteiger partial charge in [0.05, 0.1) is 6.20 Å². The molecule has 1 aromatic heterocycles. The van der Waals surface area contributed by atoms with Crippen molar-refractivity contribution in [2.75, 3.05) is 16.8 Å². The highest BCUT2D eigenvalue weighted by molar-refractivity contribution is 7.99. The molecule has 1 atom stereocenters. The van der Waals surface area contributed by atoms with Crippen LogP contribution in [0.2, 0.25) is 0 Å². The van der Waals surface area contributed by atoms with Crippen LogP contribution < -0.4 is 5.32 Å². The standard InChI is InChI=1S/C23H33FN2O2S/c1-17(2)7-5-8-18(3)9-6-10-19(4)13-14-29-16-21(23(27)28)26-22-12-11-20(24)15-25-22/h7,9,11-13,15,21H,5-6,8,10,14,16H2,1-4H3,(H,25,26)(H,27,28). The molecule has 0 aliphatic carbocycles. The number of pyridine rings is 1. The van der Waals surface area contributed by atoms with Crippen molar-refractivity contribution in [3.63, 3.8) is 0 Å². The van der Waals surface area contributed by atoms with Gasteiger partial charge in [0.1, 0.15) is 17.7 Å². The van der Waals surface area contributed by atoms with Gasteiger partial charge in [0.15, 0.2) is 0 Å². The summed E-state index contributed by atoms with van der Waals surface area (Å²) in [7, 11) is 0. The smallest absolute Gasteiger partial charge is 0.327 e. The molecule has 160 valence electrons. The Kier molecular flexibility index (Phi) is 12.0. The maximum absolute atomic E-state index is 12.9. The van der Waals surface area contributed by atoms with Crippen LogP contribution >= 0.6 is 11.8 Å². The lowest BCUT2D eigenvalue weighted by Gasteiger charge is -2.14. The molecule has 0 aliphatic rings. The first-order chi connectivity index (χ1) is 13.8. The van der Waals surface area contributed by atoms with E-state index in [4.69, 9.17) is 0 Å². The summed E-state index contributed by atoms with van der Waals surface area (Å²) in [5.74, 6) is 0.130.